The largest absolute Gasteiger partial charge is 0.388 e. The lowest BCUT2D eigenvalue weighted by Gasteiger charge is -2.34. The second-order valence-electron chi connectivity index (χ2n) is 6.75. The minimum atomic E-state index is -0.318. The lowest BCUT2D eigenvalue weighted by molar-refractivity contribution is 0.0978. The Kier molecular flexibility index (Phi) is 3.21. The maximum atomic E-state index is 10.3. The molecule has 0 spiro atoms. The minimum Gasteiger partial charge on any atom is -0.388 e. The molecule has 1 aliphatic carbocycles. The predicted octanol–water partition coefficient (Wildman–Crippen LogP) is 2.70. The summed E-state index contributed by atoms with van der Waals surface area (Å²) in [6.07, 6.45) is 7.62. The Bertz CT molecular complexity index is 609. The van der Waals surface area contributed by atoms with E-state index in [-0.39, 0.29) is 11.5 Å². The van der Waals surface area contributed by atoms with Gasteiger partial charge in [0.25, 0.3) is 0 Å². The molecule has 2 heterocycles. The van der Waals surface area contributed by atoms with Gasteiger partial charge in [0, 0.05) is 30.2 Å². The van der Waals surface area contributed by atoms with Crippen molar-refractivity contribution in [3.63, 3.8) is 0 Å². The Labute approximate surface area is 120 Å². The van der Waals surface area contributed by atoms with E-state index < -0.39 is 0 Å². The molecule has 1 aliphatic rings. The van der Waals surface area contributed by atoms with Crippen molar-refractivity contribution in [1.82, 2.24) is 14.3 Å². The lowest BCUT2D eigenvalue weighted by atomic mass is 9.75. The first-order valence-electron chi connectivity index (χ1n) is 7.30. The number of fused-ring (bicyclic) bond motifs is 1. The fourth-order valence-corrected chi connectivity index (χ4v) is 3.20. The zero-order chi connectivity index (χ0) is 14.3. The Morgan fingerprint density at radius 3 is 2.90 bits per heavy atom. The molecule has 3 rings (SSSR count). The first-order valence-corrected chi connectivity index (χ1v) is 7.30. The summed E-state index contributed by atoms with van der Waals surface area (Å²) in [5.41, 5.74) is 3.76. The normalized spacial score (nSPS) is 20.9. The van der Waals surface area contributed by atoms with Crippen LogP contribution in [0.2, 0.25) is 0 Å². The molecule has 0 aliphatic heterocycles. The molecular weight excluding hydrogens is 250 g/mol. The Morgan fingerprint density at radius 1 is 1.40 bits per heavy atom. The van der Waals surface area contributed by atoms with Crippen LogP contribution < -0.4 is 0 Å². The highest BCUT2D eigenvalue weighted by molar-refractivity contribution is 5.29. The van der Waals surface area contributed by atoms with Crippen molar-refractivity contribution in [2.45, 2.75) is 52.8 Å². The van der Waals surface area contributed by atoms with Crippen molar-refractivity contribution in [1.29, 1.82) is 0 Å². The third-order valence-electron chi connectivity index (χ3n) is 4.20. The third-order valence-corrected chi connectivity index (χ3v) is 4.20. The molecule has 0 saturated carbocycles. The summed E-state index contributed by atoms with van der Waals surface area (Å²) in [7, 11) is 0. The molecule has 0 saturated heterocycles. The van der Waals surface area contributed by atoms with Crippen molar-refractivity contribution >= 4 is 0 Å². The van der Waals surface area contributed by atoms with Crippen LogP contribution in [0.15, 0.2) is 24.7 Å². The molecule has 1 unspecified atom stereocenters. The number of nitrogens with zero attached hydrogens (tertiary/aromatic N) is 3. The SMILES string of the molecule is Cc1cnn(CCn2ccc3c2CC(C)(C)CC3O)c1. The molecular formula is C16H23N3O. The van der Waals surface area contributed by atoms with Crippen LogP contribution in [0.5, 0.6) is 0 Å². The number of aryl methyl sites for hydroxylation is 3. The van der Waals surface area contributed by atoms with Gasteiger partial charge in [-0.1, -0.05) is 13.8 Å². The third kappa shape index (κ3) is 2.52. The number of aliphatic hydroxyl groups excluding tert-OH is 1. The van der Waals surface area contributed by atoms with E-state index >= 15 is 0 Å². The van der Waals surface area contributed by atoms with Crippen molar-refractivity contribution < 1.29 is 5.11 Å². The van der Waals surface area contributed by atoms with Crippen LogP contribution in [-0.4, -0.2) is 19.5 Å². The Balaban J connectivity index is 1.78. The number of rotatable bonds is 3. The highest BCUT2D eigenvalue weighted by Gasteiger charge is 2.33. The zero-order valence-corrected chi connectivity index (χ0v) is 12.5. The monoisotopic (exact) mass is 273 g/mol. The van der Waals surface area contributed by atoms with Crippen LogP contribution in [0, 0.1) is 12.3 Å². The van der Waals surface area contributed by atoms with Crippen molar-refractivity contribution in [2.75, 3.05) is 0 Å². The average molecular weight is 273 g/mol. The summed E-state index contributed by atoms with van der Waals surface area (Å²) in [6, 6.07) is 2.07. The van der Waals surface area contributed by atoms with Gasteiger partial charge in [0.15, 0.2) is 0 Å². The van der Waals surface area contributed by atoms with Gasteiger partial charge in [0.05, 0.1) is 18.8 Å². The molecule has 2 aromatic rings. The topological polar surface area (TPSA) is 43.0 Å². The molecule has 0 radical (unpaired) electrons. The van der Waals surface area contributed by atoms with Crippen molar-refractivity contribution in [3.8, 4) is 0 Å². The first kappa shape index (κ1) is 13.4. The molecule has 0 amide bonds. The van der Waals surface area contributed by atoms with E-state index in [1.54, 1.807) is 0 Å². The van der Waals surface area contributed by atoms with Crippen molar-refractivity contribution in [3.05, 3.63) is 41.5 Å². The summed E-state index contributed by atoms with van der Waals surface area (Å²) in [5.74, 6) is 0. The lowest BCUT2D eigenvalue weighted by Crippen LogP contribution is -2.27. The molecule has 1 N–H and O–H groups in total. The van der Waals surface area contributed by atoms with Crippen molar-refractivity contribution in [2.24, 2.45) is 5.41 Å². The zero-order valence-electron chi connectivity index (χ0n) is 12.5. The number of hydrogen-bond acceptors (Lipinski definition) is 2. The predicted molar refractivity (Wildman–Crippen MR) is 78.5 cm³/mol. The summed E-state index contributed by atoms with van der Waals surface area (Å²) < 4.78 is 4.25. The van der Waals surface area contributed by atoms with Gasteiger partial charge in [-0.3, -0.25) is 4.68 Å². The van der Waals surface area contributed by atoms with Gasteiger partial charge in [0.1, 0.15) is 0 Å². The molecule has 1 atom stereocenters. The van der Waals surface area contributed by atoms with E-state index in [4.69, 9.17) is 0 Å². The maximum Gasteiger partial charge on any atom is 0.0812 e. The second kappa shape index (κ2) is 4.77. The van der Waals surface area contributed by atoms with Crippen LogP contribution in [0.3, 0.4) is 0 Å². The van der Waals surface area contributed by atoms with Crippen LogP contribution in [0.4, 0.5) is 0 Å². The molecule has 4 heteroatoms. The highest BCUT2D eigenvalue weighted by atomic mass is 16.3. The van der Waals surface area contributed by atoms with E-state index in [0.717, 1.165) is 31.5 Å². The van der Waals surface area contributed by atoms with E-state index in [0.29, 0.717) is 0 Å². The van der Waals surface area contributed by atoms with Gasteiger partial charge in [-0.15, -0.1) is 0 Å². The van der Waals surface area contributed by atoms with Gasteiger partial charge < -0.3 is 9.67 Å². The van der Waals surface area contributed by atoms with Gasteiger partial charge >= 0.3 is 0 Å². The van der Waals surface area contributed by atoms with Gasteiger partial charge in [-0.2, -0.15) is 5.10 Å². The summed E-state index contributed by atoms with van der Waals surface area (Å²) in [6.45, 7) is 8.28. The van der Waals surface area contributed by atoms with Crippen LogP contribution >= 0.6 is 0 Å². The van der Waals surface area contributed by atoms with Crippen LogP contribution in [0.25, 0.3) is 0 Å². The maximum absolute atomic E-state index is 10.3. The quantitative estimate of drug-likeness (QED) is 0.934. The standard InChI is InChI=1S/C16H23N3O/c1-12-10-17-19(11-12)7-6-18-5-4-13-14(18)8-16(2,3)9-15(13)20/h4-5,10-11,15,20H,6-9H2,1-3H3. The van der Waals surface area contributed by atoms with E-state index in [1.807, 2.05) is 10.9 Å². The molecule has 0 fully saturated rings. The van der Waals surface area contributed by atoms with Gasteiger partial charge in [-0.25, -0.2) is 0 Å². The Morgan fingerprint density at radius 2 is 2.20 bits per heavy atom. The van der Waals surface area contributed by atoms with Gasteiger partial charge in [0.2, 0.25) is 0 Å². The summed E-state index contributed by atoms with van der Waals surface area (Å²) >= 11 is 0. The number of hydrogen-bond donors (Lipinski definition) is 1. The second-order valence-corrected chi connectivity index (χ2v) is 6.75. The first-order chi connectivity index (χ1) is 9.44. The molecule has 0 aromatic carbocycles. The summed E-state index contributed by atoms with van der Waals surface area (Å²) in [4.78, 5) is 0. The fraction of sp³-hybridized carbons (Fsp3) is 0.562. The number of aliphatic hydroxyl groups is 1. The average Bonchev–Trinajstić information content (AvgIpc) is 2.92. The van der Waals surface area contributed by atoms with E-state index in [2.05, 4.69) is 48.9 Å². The molecule has 4 nitrogen and oxygen atoms in total. The Hall–Kier alpha value is -1.55. The van der Waals surface area contributed by atoms with E-state index in [1.165, 1.54) is 11.3 Å². The number of aromatic nitrogens is 3. The van der Waals surface area contributed by atoms with E-state index in [9.17, 15) is 5.11 Å². The highest BCUT2D eigenvalue weighted by Crippen LogP contribution is 2.41. The molecule has 108 valence electrons. The van der Waals surface area contributed by atoms with Crippen LogP contribution in [0.1, 0.15) is 43.2 Å². The minimum absolute atomic E-state index is 0.171. The molecule has 2 aromatic heterocycles. The van der Waals surface area contributed by atoms with Crippen LogP contribution in [-0.2, 0) is 19.5 Å². The smallest absolute Gasteiger partial charge is 0.0812 e. The summed E-state index contributed by atoms with van der Waals surface area (Å²) in [5, 5.41) is 14.6. The fourth-order valence-electron chi connectivity index (χ4n) is 3.20. The van der Waals surface area contributed by atoms with Gasteiger partial charge in [-0.05, 0) is 36.8 Å². The molecule has 20 heavy (non-hydrogen) atoms. The molecule has 0 bridgehead atoms.